The molecule has 30 heavy (non-hydrogen) atoms. The predicted octanol–water partition coefficient (Wildman–Crippen LogP) is 4.74. The van der Waals surface area contributed by atoms with Gasteiger partial charge in [-0.1, -0.05) is 42.5 Å². The Morgan fingerprint density at radius 1 is 1.00 bits per heavy atom. The number of aryl methyl sites for hydroxylation is 1. The first-order chi connectivity index (χ1) is 14.7. The number of benzene rings is 2. The minimum Gasteiger partial charge on any atom is -0.391 e. The Hall–Kier alpha value is -1.84. The van der Waals surface area contributed by atoms with Gasteiger partial charge in [-0.15, -0.1) is 0 Å². The minimum absolute atomic E-state index is 0.309. The molecule has 0 amide bonds. The number of piperidine rings is 1. The molecule has 2 aromatic carbocycles. The molecule has 2 atom stereocenters. The molecule has 0 spiro atoms. The van der Waals surface area contributed by atoms with Crippen LogP contribution in [0.3, 0.4) is 0 Å². The standard InChI is InChI=1S/C27H39N2O/c1-3-29(18-19-30)17-9-8-13-26(29)15-16-28(27-14-7-4-10-22(27)2)25-20-23-11-5-6-12-24(23)21-25/h4-7,10-12,14,25-26,30H,3,8-9,13,15-21H2,1-2H3/q+1. The third kappa shape index (κ3) is 4.29. The van der Waals surface area contributed by atoms with Gasteiger partial charge in [0.25, 0.3) is 0 Å². The fourth-order valence-electron chi connectivity index (χ4n) is 6.18. The van der Waals surface area contributed by atoms with Crippen LogP contribution in [0.2, 0.25) is 0 Å². The molecule has 1 N–H and O–H groups in total. The smallest absolute Gasteiger partial charge is 0.102 e. The molecule has 1 aliphatic carbocycles. The number of quaternary nitrogens is 1. The fraction of sp³-hybridized carbons (Fsp3) is 0.556. The Morgan fingerprint density at radius 2 is 1.70 bits per heavy atom. The van der Waals surface area contributed by atoms with Gasteiger partial charge in [-0.05, 0) is 68.7 Å². The van der Waals surface area contributed by atoms with Crippen LogP contribution in [-0.4, -0.2) is 54.5 Å². The van der Waals surface area contributed by atoms with Gasteiger partial charge < -0.3 is 14.5 Å². The van der Waals surface area contributed by atoms with Gasteiger partial charge in [0.15, 0.2) is 0 Å². The molecule has 0 aromatic heterocycles. The summed E-state index contributed by atoms with van der Waals surface area (Å²) < 4.78 is 1.11. The number of aliphatic hydroxyl groups is 1. The van der Waals surface area contributed by atoms with Gasteiger partial charge >= 0.3 is 0 Å². The van der Waals surface area contributed by atoms with Gasteiger partial charge in [-0.25, -0.2) is 0 Å². The third-order valence-electron chi connectivity index (χ3n) is 7.94. The molecule has 3 nitrogen and oxygen atoms in total. The molecule has 162 valence electrons. The summed E-state index contributed by atoms with van der Waals surface area (Å²) >= 11 is 0. The van der Waals surface area contributed by atoms with E-state index < -0.39 is 0 Å². The van der Waals surface area contributed by atoms with Crippen LogP contribution in [0.5, 0.6) is 0 Å². The van der Waals surface area contributed by atoms with Crippen LogP contribution in [0.1, 0.15) is 49.3 Å². The van der Waals surface area contributed by atoms with E-state index in [1.54, 1.807) is 0 Å². The summed E-state index contributed by atoms with van der Waals surface area (Å²) in [5.74, 6) is 0. The van der Waals surface area contributed by atoms with Crippen molar-refractivity contribution in [2.75, 3.05) is 37.7 Å². The maximum Gasteiger partial charge on any atom is 0.102 e. The highest BCUT2D eigenvalue weighted by atomic mass is 16.3. The second-order valence-corrected chi connectivity index (χ2v) is 9.45. The quantitative estimate of drug-likeness (QED) is 0.639. The van der Waals surface area contributed by atoms with Crippen LogP contribution >= 0.6 is 0 Å². The molecular formula is C27H39N2O+. The van der Waals surface area contributed by atoms with E-state index in [0.717, 1.165) is 37.0 Å². The van der Waals surface area contributed by atoms with Crippen molar-refractivity contribution in [2.45, 2.75) is 64.5 Å². The number of hydrogen-bond donors (Lipinski definition) is 1. The summed E-state index contributed by atoms with van der Waals surface area (Å²) in [5, 5.41) is 9.77. The number of para-hydroxylation sites is 1. The lowest BCUT2D eigenvalue weighted by Gasteiger charge is -2.48. The summed E-state index contributed by atoms with van der Waals surface area (Å²) in [4.78, 5) is 2.72. The van der Waals surface area contributed by atoms with E-state index in [1.807, 2.05) is 0 Å². The highest BCUT2D eigenvalue weighted by Crippen LogP contribution is 2.33. The lowest BCUT2D eigenvalue weighted by Crippen LogP contribution is -2.60. The maximum absolute atomic E-state index is 9.77. The first kappa shape index (κ1) is 21.4. The second kappa shape index (κ2) is 9.53. The van der Waals surface area contributed by atoms with Crippen LogP contribution < -0.4 is 4.90 Å². The van der Waals surface area contributed by atoms with Crippen LogP contribution in [-0.2, 0) is 12.8 Å². The molecule has 0 saturated carbocycles. The average molecular weight is 408 g/mol. The lowest BCUT2D eigenvalue weighted by atomic mass is 9.94. The minimum atomic E-state index is 0.309. The Bertz CT molecular complexity index is 806. The molecule has 0 bridgehead atoms. The van der Waals surface area contributed by atoms with Crippen molar-refractivity contribution in [3.8, 4) is 0 Å². The fourth-order valence-corrected chi connectivity index (χ4v) is 6.18. The highest BCUT2D eigenvalue weighted by Gasteiger charge is 2.38. The molecule has 2 aliphatic rings. The topological polar surface area (TPSA) is 23.5 Å². The van der Waals surface area contributed by atoms with E-state index >= 15 is 0 Å². The summed E-state index contributed by atoms with van der Waals surface area (Å²) in [7, 11) is 0. The maximum atomic E-state index is 9.77. The Labute approximate surface area is 182 Å². The van der Waals surface area contributed by atoms with Gasteiger partial charge in [0.05, 0.1) is 25.7 Å². The summed E-state index contributed by atoms with van der Waals surface area (Å²) in [6.45, 7) is 9.29. The zero-order valence-electron chi connectivity index (χ0n) is 18.9. The van der Waals surface area contributed by atoms with Crippen molar-refractivity contribution in [2.24, 2.45) is 0 Å². The van der Waals surface area contributed by atoms with Crippen LogP contribution in [0.15, 0.2) is 48.5 Å². The summed E-state index contributed by atoms with van der Waals surface area (Å²) in [5.41, 5.74) is 5.84. The van der Waals surface area contributed by atoms with Gasteiger partial charge in [0.1, 0.15) is 6.54 Å². The Balaban J connectivity index is 1.56. The number of likely N-dealkylation sites (N-methyl/N-ethyl adjacent to an activating group) is 1. The molecule has 1 aliphatic heterocycles. The summed E-state index contributed by atoms with van der Waals surface area (Å²) in [6, 6.07) is 19.1. The van der Waals surface area contributed by atoms with Gasteiger partial charge in [0.2, 0.25) is 0 Å². The molecule has 3 heteroatoms. The second-order valence-electron chi connectivity index (χ2n) is 9.45. The Morgan fingerprint density at radius 3 is 2.37 bits per heavy atom. The SMILES string of the molecule is CC[N+]1(CCO)CCCCC1CCN(c1ccccc1C)C1Cc2ccccc2C1. The van der Waals surface area contributed by atoms with E-state index in [-0.39, 0.29) is 0 Å². The Kier molecular flexibility index (Phi) is 6.80. The molecule has 4 rings (SSSR count). The molecule has 1 heterocycles. The number of likely N-dealkylation sites (tertiary alicyclic amines) is 1. The molecule has 1 saturated heterocycles. The lowest BCUT2D eigenvalue weighted by molar-refractivity contribution is -0.954. The molecule has 2 aromatic rings. The van der Waals surface area contributed by atoms with Gasteiger partial charge in [0, 0.05) is 24.7 Å². The third-order valence-corrected chi connectivity index (χ3v) is 7.94. The molecule has 2 unspecified atom stereocenters. The number of fused-ring (bicyclic) bond motifs is 1. The predicted molar refractivity (Wildman–Crippen MR) is 126 cm³/mol. The zero-order valence-corrected chi connectivity index (χ0v) is 18.9. The first-order valence-electron chi connectivity index (χ1n) is 12.0. The number of anilines is 1. The van der Waals surface area contributed by atoms with E-state index in [4.69, 9.17) is 0 Å². The number of rotatable bonds is 8. The van der Waals surface area contributed by atoms with E-state index in [9.17, 15) is 5.11 Å². The van der Waals surface area contributed by atoms with Crippen LogP contribution in [0, 0.1) is 6.92 Å². The van der Waals surface area contributed by atoms with Crippen LogP contribution in [0.25, 0.3) is 0 Å². The average Bonchev–Trinajstić information content (AvgIpc) is 3.20. The number of nitrogens with zero attached hydrogens (tertiary/aromatic N) is 2. The number of hydrogen-bond acceptors (Lipinski definition) is 2. The van der Waals surface area contributed by atoms with Gasteiger partial charge in [-0.3, -0.25) is 0 Å². The van der Waals surface area contributed by atoms with Crippen molar-refractivity contribution in [3.63, 3.8) is 0 Å². The van der Waals surface area contributed by atoms with E-state index in [0.29, 0.717) is 18.7 Å². The summed E-state index contributed by atoms with van der Waals surface area (Å²) in [6.07, 6.45) is 7.48. The molecule has 0 radical (unpaired) electrons. The normalized spacial score (nSPS) is 24.0. The molecule has 1 fully saturated rings. The van der Waals surface area contributed by atoms with Crippen molar-refractivity contribution >= 4 is 5.69 Å². The monoisotopic (exact) mass is 407 g/mol. The van der Waals surface area contributed by atoms with Crippen molar-refractivity contribution in [1.82, 2.24) is 0 Å². The number of aliphatic hydroxyl groups excluding tert-OH is 1. The van der Waals surface area contributed by atoms with E-state index in [1.165, 1.54) is 54.6 Å². The molecular weight excluding hydrogens is 368 g/mol. The van der Waals surface area contributed by atoms with Crippen LogP contribution in [0.4, 0.5) is 5.69 Å². The van der Waals surface area contributed by atoms with Crippen molar-refractivity contribution in [1.29, 1.82) is 0 Å². The largest absolute Gasteiger partial charge is 0.391 e. The van der Waals surface area contributed by atoms with Gasteiger partial charge in [-0.2, -0.15) is 0 Å². The van der Waals surface area contributed by atoms with Crippen molar-refractivity contribution < 1.29 is 9.59 Å². The van der Waals surface area contributed by atoms with Crippen molar-refractivity contribution in [3.05, 3.63) is 65.2 Å². The first-order valence-corrected chi connectivity index (χ1v) is 12.0. The zero-order chi connectivity index (χ0) is 21.0. The highest BCUT2D eigenvalue weighted by molar-refractivity contribution is 5.55. The van der Waals surface area contributed by atoms with E-state index in [2.05, 4.69) is 67.3 Å².